The average Bonchev–Trinajstić information content (AvgIpc) is 2.02. The van der Waals surface area contributed by atoms with Crippen molar-refractivity contribution in [2.24, 2.45) is 0 Å². The molecule has 0 aliphatic carbocycles. The molecule has 2 rings (SSSR count). The Balaban J connectivity index is 2.35. The van der Waals surface area contributed by atoms with Gasteiger partial charge in [0, 0.05) is 0 Å². The predicted octanol–water partition coefficient (Wildman–Crippen LogP) is 0.623. The van der Waals surface area contributed by atoms with E-state index in [0.29, 0.717) is 13.2 Å². The smallest absolute Gasteiger partial charge is 0.265 e. The lowest BCUT2D eigenvalue weighted by Gasteiger charge is -2.28. The van der Waals surface area contributed by atoms with Crippen molar-refractivity contribution in [2.45, 2.75) is 4.90 Å². The number of sulfonamides is 1. The maximum Gasteiger partial charge on any atom is 0.265 e. The first-order valence-electron chi connectivity index (χ1n) is 3.92. The molecule has 1 heterocycles. The van der Waals surface area contributed by atoms with Crippen LogP contribution in [0.15, 0.2) is 35.2 Å². The molecule has 4 nitrogen and oxygen atoms in total. The summed E-state index contributed by atoms with van der Waals surface area (Å²) >= 11 is 0. The van der Waals surface area contributed by atoms with Crippen LogP contribution in [0, 0.1) is 0 Å². The lowest BCUT2D eigenvalue weighted by Crippen LogP contribution is -2.43. The molecule has 0 amide bonds. The largest absolute Gasteiger partial charge is 0.282 e. The first-order chi connectivity index (χ1) is 6.21. The molecule has 1 fully saturated rings. The van der Waals surface area contributed by atoms with E-state index in [2.05, 4.69) is 0 Å². The lowest BCUT2D eigenvalue weighted by atomic mass is 10.4. The molecule has 0 radical (unpaired) electrons. The number of hydroxylamine groups is 1. The van der Waals surface area contributed by atoms with E-state index in [9.17, 15) is 8.42 Å². The topological polar surface area (TPSA) is 46.6 Å². The third kappa shape index (κ3) is 1.46. The van der Waals surface area contributed by atoms with Crippen LogP contribution in [0.3, 0.4) is 0 Å². The van der Waals surface area contributed by atoms with E-state index in [4.69, 9.17) is 4.84 Å². The minimum Gasteiger partial charge on any atom is -0.282 e. The Morgan fingerprint density at radius 2 is 1.85 bits per heavy atom. The van der Waals surface area contributed by atoms with Crippen molar-refractivity contribution in [3.05, 3.63) is 30.3 Å². The van der Waals surface area contributed by atoms with Crippen molar-refractivity contribution in [3.63, 3.8) is 0 Å². The molecular weight excluding hydrogens is 190 g/mol. The van der Waals surface area contributed by atoms with Gasteiger partial charge in [0.1, 0.15) is 0 Å². The third-order valence-electron chi connectivity index (χ3n) is 1.82. The van der Waals surface area contributed by atoms with Gasteiger partial charge in [-0.2, -0.15) is 0 Å². The van der Waals surface area contributed by atoms with Gasteiger partial charge in [-0.15, -0.1) is 0 Å². The minimum atomic E-state index is -3.39. The molecule has 1 aromatic carbocycles. The highest BCUT2D eigenvalue weighted by molar-refractivity contribution is 7.89. The van der Waals surface area contributed by atoms with Gasteiger partial charge in [0.15, 0.2) is 0 Å². The molecule has 0 bridgehead atoms. The van der Waals surface area contributed by atoms with E-state index < -0.39 is 10.0 Å². The second-order valence-corrected chi connectivity index (χ2v) is 4.51. The van der Waals surface area contributed by atoms with Gasteiger partial charge in [-0.25, -0.2) is 8.42 Å². The predicted molar refractivity (Wildman–Crippen MR) is 46.3 cm³/mol. The van der Waals surface area contributed by atoms with Crippen LogP contribution in [0.25, 0.3) is 0 Å². The van der Waals surface area contributed by atoms with E-state index in [1.807, 2.05) is 0 Å². The van der Waals surface area contributed by atoms with Crippen molar-refractivity contribution in [1.82, 2.24) is 4.47 Å². The summed E-state index contributed by atoms with van der Waals surface area (Å²) in [4.78, 5) is 5.07. The molecule has 1 aliphatic heterocycles. The van der Waals surface area contributed by atoms with Gasteiger partial charge in [-0.1, -0.05) is 22.7 Å². The number of hydrogen-bond acceptors (Lipinski definition) is 3. The van der Waals surface area contributed by atoms with E-state index in [1.165, 1.54) is 0 Å². The highest BCUT2D eigenvalue weighted by Gasteiger charge is 2.30. The lowest BCUT2D eigenvalue weighted by molar-refractivity contribution is -0.175. The van der Waals surface area contributed by atoms with Crippen molar-refractivity contribution >= 4 is 10.0 Å². The van der Waals surface area contributed by atoms with Gasteiger partial charge in [0.2, 0.25) is 0 Å². The zero-order valence-electron chi connectivity index (χ0n) is 6.88. The monoisotopic (exact) mass is 199 g/mol. The molecule has 0 spiro atoms. The zero-order valence-corrected chi connectivity index (χ0v) is 7.70. The summed E-state index contributed by atoms with van der Waals surface area (Å²) in [6, 6.07) is 8.25. The highest BCUT2D eigenvalue weighted by Crippen LogP contribution is 2.18. The first-order valence-corrected chi connectivity index (χ1v) is 5.36. The molecule has 1 saturated heterocycles. The van der Waals surface area contributed by atoms with Crippen LogP contribution in [0.2, 0.25) is 0 Å². The maximum atomic E-state index is 11.6. The summed E-state index contributed by atoms with van der Waals surface area (Å²) in [5.74, 6) is 0. The standard InChI is InChI=1S/C8H9NO3S/c10-13(11,9-6-7-12-9)8-4-2-1-3-5-8/h1-5H,6-7H2. The fraction of sp³-hybridized carbons (Fsp3) is 0.250. The Morgan fingerprint density at radius 1 is 1.23 bits per heavy atom. The summed E-state index contributed by atoms with van der Waals surface area (Å²) < 4.78 is 24.2. The third-order valence-corrected chi connectivity index (χ3v) is 3.51. The van der Waals surface area contributed by atoms with Crippen LogP contribution in [0.4, 0.5) is 0 Å². The Hall–Kier alpha value is -0.910. The number of nitrogens with zero attached hydrogens (tertiary/aromatic N) is 1. The highest BCUT2D eigenvalue weighted by atomic mass is 32.2. The van der Waals surface area contributed by atoms with Crippen molar-refractivity contribution in [3.8, 4) is 0 Å². The molecule has 5 heteroatoms. The van der Waals surface area contributed by atoms with Gasteiger partial charge in [0.25, 0.3) is 10.0 Å². The van der Waals surface area contributed by atoms with Gasteiger partial charge < -0.3 is 0 Å². The van der Waals surface area contributed by atoms with Crippen molar-refractivity contribution in [1.29, 1.82) is 0 Å². The molecule has 1 aliphatic rings. The molecular formula is C8H9NO3S. The van der Waals surface area contributed by atoms with Crippen LogP contribution < -0.4 is 0 Å². The normalized spacial score (nSPS) is 18.2. The maximum absolute atomic E-state index is 11.6. The Kier molecular flexibility index (Phi) is 2.07. The summed E-state index contributed by atoms with van der Waals surface area (Å²) in [7, 11) is -3.39. The molecule has 1 aromatic rings. The Labute approximate surface area is 76.7 Å². The van der Waals surface area contributed by atoms with E-state index in [-0.39, 0.29) is 4.90 Å². The van der Waals surface area contributed by atoms with E-state index in [1.54, 1.807) is 30.3 Å². The van der Waals surface area contributed by atoms with Crippen LogP contribution >= 0.6 is 0 Å². The quantitative estimate of drug-likeness (QED) is 0.701. The molecule has 13 heavy (non-hydrogen) atoms. The van der Waals surface area contributed by atoms with E-state index in [0.717, 1.165) is 4.47 Å². The Morgan fingerprint density at radius 3 is 2.31 bits per heavy atom. The fourth-order valence-electron chi connectivity index (χ4n) is 1.07. The average molecular weight is 199 g/mol. The second-order valence-electron chi connectivity index (χ2n) is 2.68. The van der Waals surface area contributed by atoms with Gasteiger partial charge in [-0.3, -0.25) is 4.84 Å². The SMILES string of the molecule is O=S(=O)(c1ccccc1)N1CCO1. The van der Waals surface area contributed by atoms with Crippen LogP contribution in [-0.2, 0) is 14.9 Å². The number of hydrogen-bond donors (Lipinski definition) is 0. The van der Waals surface area contributed by atoms with E-state index >= 15 is 0 Å². The molecule has 0 atom stereocenters. The van der Waals surface area contributed by atoms with Crippen molar-refractivity contribution < 1.29 is 13.3 Å². The molecule has 0 N–H and O–H groups in total. The minimum absolute atomic E-state index is 0.273. The number of benzene rings is 1. The van der Waals surface area contributed by atoms with Crippen molar-refractivity contribution in [2.75, 3.05) is 13.2 Å². The summed E-state index contributed by atoms with van der Waals surface area (Å²) in [5.41, 5.74) is 0. The van der Waals surface area contributed by atoms with Gasteiger partial charge in [-0.05, 0) is 12.1 Å². The fourth-order valence-corrected chi connectivity index (χ4v) is 2.33. The van der Waals surface area contributed by atoms with Crippen LogP contribution in [-0.4, -0.2) is 26.0 Å². The van der Waals surface area contributed by atoms with Gasteiger partial charge in [0.05, 0.1) is 18.0 Å². The summed E-state index contributed by atoms with van der Waals surface area (Å²) in [6.07, 6.45) is 0. The zero-order chi connectivity index (χ0) is 9.31. The summed E-state index contributed by atoms with van der Waals surface area (Å²) in [6.45, 7) is 0.920. The molecule has 70 valence electrons. The molecule has 0 aromatic heterocycles. The van der Waals surface area contributed by atoms with Crippen LogP contribution in [0.5, 0.6) is 0 Å². The first kappa shape index (κ1) is 8.68. The Bertz CT molecular complexity index is 383. The summed E-state index contributed by atoms with van der Waals surface area (Å²) in [5, 5.41) is 0. The molecule has 0 unspecified atom stereocenters. The van der Waals surface area contributed by atoms with Gasteiger partial charge >= 0.3 is 0 Å². The second kappa shape index (κ2) is 3.10. The number of rotatable bonds is 2. The molecule has 0 saturated carbocycles. The van der Waals surface area contributed by atoms with Crippen LogP contribution in [0.1, 0.15) is 0 Å².